The van der Waals surface area contributed by atoms with Crippen molar-refractivity contribution in [1.82, 2.24) is 9.55 Å². The van der Waals surface area contributed by atoms with Crippen LogP contribution >= 0.6 is 11.8 Å². The van der Waals surface area contributed by atoms with Crippen molar-refractivity contribution in [2.45, 2.75) is 38.3 Å². The number of nitrogens with two attached hydrogens (primary N) is 1. The van der Waals surface area contributed by atoms with Crippen LogP contribution in [-0.4, -0.2) is 21.1 Å². The Bertz CT molecular complexity index is 321. The molecule has 2 rings (SSSR count). The van der Waals surface area contributed by atoms with Crippen molar-refractivity contribution >= 4 is 11.8 Å². The highest BCUT2D eigenvalue weighted by Crippen LogP contribution is 2.30. The van der Waals surface area contributed by atoms with Gasteiger partial charge in [-0.2, -0.15) is 11.8 Å². The molecule has 1 aromatic rings. The Morgan fingerprint density at radius 1 is 1.47 bits per heavy atom. The number of rotatable bonds is 2. The zero-order valence-electron chi connectivity index (χ0n) is 9.44. The topological polar surface area (TPSA) is 43.8 Å². The summed E-state index contributed by atoms with van der Waals surface area (Å²) in [4.78, 5) is 4.24. The lowest BCUT2D eigenvalue weighted by Crippen LogP contribution is -2.33. The lowest BCUT2D eigenvalue weighted by atomic mass is 10.0. The maximum absolute atomic E-state index is 6.14. The summed E-state index contributed by atoms with van der Waals surface area (Å²) in [7, 11) is 0. The van der Waals surface area contributed by atoms with Gasteiger partial charge in [0.2, 0.25) is 0 Å². The molecule has 2 N–H and O–H groups in total. The Hall–Kier alpha value is -0.480. The van der Waals surface area contributed by atoms with E-state index in [9.17, 15) is 0 Å². The van der Waals surface area contributed by atoms with Crippen LogP contribution in [0.4, 0.5) is 0 Å². The van der Waals surface area contributed by atoms with Crippen LogP contribution in [0.25, 0.3) is 0 Å². The van der Waals surface area contributed by atoms with Crippen LogP contribution in [0.15, 0.2) is 12.5 Å². The molecule has 1 aliphatic rings. The third-order valence-electron chi connectivity index (χ3n) is 2.91. The summed E-state index contributed by atoms with van der Waals surface area (Å²) in [6.45, 7) is 4.08. The number of aromatic nitrogens is 2. The monoisotopic (exact) mass is 225 g/mol. The minimum atomic E-state index is -0.291. The van der Waals surface area contributed by atoms with E-state index in [1.165, 1.54) is 24.3 Å². The van der Waals surface area contributed by atoms with E-state index in [4.69, 9.17) is 5.73 Å². The summed E-state index contributed by atoms with van der Waals surface area (Å²) in [5, 5.41) is 0. The van der Waals surface area contributed by atoms with Gasteiger partial charge < -0.3 is 10.3 Å². The fourth-order valence-electron chi connectivity index (χ4n) is 2.06. The molecule has 15 heavy (non-hydrogen) atoms. The normalized spacial score (nSPS) is 19.4. The van der Waals surface area contributed by atoms with Crippen LogP contribution in [0.3, 0.4) is 0 Å². The molecule has 0 spiro atoms. The standard InChI is InChI=1S/C11H19N3S/c1-11(2,12)10-7-13-8-14(10)9-3-5-15-6-4-9/h7-9H,3-6,12H2,1-2H3. The van der Waals surface area contributed by atoms with Crippen molar-refractivity contribution in [3.05, 3.63) is 18.2 Å². The Kier molecular flexibility index (Phi) is 3.07. The maximum Gasteiger partial charge on any atom is 0.0951 e. The number of thioether (sulfide) groups is 1. The molecule has 0 bridgehead atoms. The predicted octanol–water partition coefficient (Wildman–Crippen LogP) is 2.15. The number of hydrogen-bond acceptors (Lipinski definition) is 3. The molecule has 1 aromatic heterocycles. The summed E-state index contributed by atoms with van der Waals surface area (Å²) < 4.78 is 2.28. The highest BCUT2D eigenvalue weighted by atomic mass is 32.2. The number of imidazole rings is 1. The van der Waals surface area contributed by atoms with Crippen molar-refractivity contribution in [3.8, 4) is 0 Å². The fraction of sp³-hybridized carbons (Fsp3) is 0.727. The quantitative estimate of drug-likeness (QED) is 0.838. The molecular weight excluding hydrogens is 206 g/mol. The molecule has 0 radical (unpaired) electrons. The van der Waals surface area contributed by atoms with E-state index in [-0.39, 0.29) is 5.54 Å². The van der Waals surface area contributed by atoms with Crippen LogP contribution in [0.2, 0.25) is 0 Å². The van der Waals surface area contributed by atoms with Gasteiger partial charge in [0.25, 0.3) is 0 Å². The molecule has 3 nitrogen and oxygen atoms in total. The molecule has 0 unspecified atom stereocenters. The number of nitrogens with zero attached hydrogens (tertiary/aromatic N) is 2. The molecule has 0 amide bonds. The van der Waals surface area contributed by atoms with E-state index in [0.29, 0.717) is 6.04 Å². The molecule has 0 aromatic carbocycles. The Labute approximate surface area is 95.4 Å². The first kappa shape index (κ1) is 11.0. The van der Waals surface area contributed by atoms with Gasteiger partial charge in [-0.3, -0.25) is 0 Å². The van der Waals surface area contributed by atoms with Crippen molar-refractivity contribution in [3.63, 3.8) is 0 Å². The van der Waals surface area contributed by atoms with E-state index >= 15 is 0 Å². The first-order chi connectivity index (χ1) is 7.09. The van der Waals surface area contributed by atoms with Gasteiger partial charge in [0.15, 0.2) is 0 Å². The van der Waals surface area contributed by atoms with Gasteiger partial charge in [-0.25, -0.2) is 4.98 Å². The van der Waals surface area contributed by atoms with Crippen molar-refractivity contribution in [1.29, 1.82) is 0 Å². The second-order valence-corrected chi connectivity index (χ2v) is 5.98. The first-order valence-corrected chi connectivity index (χ1v) is 6.63. The van der Waals surface area contributed by atoms with E-state index in [2.05, 4.69) is 9.55 Å². The number of hydrogen-bond donors (Lipinski definition) is 1. The molecule has 0 saturated carbocycles. The summed E-state index contributed by atoms with van der Waals surface area (Å²) in [5.74, 6) is 2.51. The van der Waals surface area contributed by atoms with Gasteiger partial charge in [0, 0.05) is 12.2 Å². The lowest BCUT2D eigenvalue weighted by Gasteiger charge is -2.28. The van der Waals surface area contributed by atoms with Crippen molar-refractivity contribution < 1.29 is 0 Å². The van der Waals surface area contributed by atoms with Crippen LogP contribution in [0.5, 0.6) is 0 Å². The summed E-state index contributed by atoms with van der Waals surface area (Å²) in [6.07, 6.45) is 6.32. The molecule has 84 valence electrons. The Morgan fingerprint density at radius 2 is 2.13 bits per heavy atom. The summed E-state index contributed by atoms with van der Waals surface area (Å²) >= 11 is 2.04. The minimum Gasteiger partial charge on any atom is -0.330 e. The molecule has 2 heterocycles. The van der Waals surface area contributed by atoms with E-state index < -0.39 is 0 Å². The summed E-state index contributed by atoms with van der Waals surface area (Å²) in [6, 6.07) is 0.603. The van der Waals surface area contributed by atoms with E-state index in [1.807, 2.05) is 38.1 Å². The van der Waals surface area contributed by atoms with Crippen LogP contribution in [0.1, 0.15) is 38.4 Å². The average Bonchev–Trinajstić information content (AvgIpc) is 2.67. The molecule has 4 heteroatoms. The first-order valence-electron chi connectivity index (χ1n) is 5.48. The smallest absolute Gasteiger partial charge is 0.0951 e. The molecule has 0 aliphatic carbocycles. The van der Waals surface area contributed by atoms with Crippen LogP contribution in [-0.2, 0) is 5.54 Å². The van der Waals surface area contributed by atoms with Gasteiger partial charge in [-0.1, -0.05) is 0 Å². The fourth-order valence-corrected chi connectivity index (χ4v) is 3.14. The van der Waals surface area contributed by atoms with Gasteiger partial charge in [-0.15, -0.1) is 0 Å². The van der Waals surface area contributed by atoms with Crippen LogP contribution in [0, 0.1) is 0 Å². The second-order valence-electron chi connectivity index (χ2n) is 4.75. The van der Waals surface area contributed by atoms with Crippen molar-refractivity contribution in [2.75, 3.05) is 11.5 Å². The molecule has 1 fully saturated rings. The maximum atomic E-state index is 6.14. The SMILES string of the molecule is CC(C)(N)c1cncn1C1CCSCC1. The van der Waals surface area contributed by atoms with Gasteiger partial charge >= 0.3 is 0 Å². The molecular formula is C11H19N3S. The predicted molar refractivity (Wildman–Crippen MR) is 65.0 cm³/mol. The highest BCUT2D eigenvalue weighted by molar-refractivity contribution is 7.99. The van der Waals surface area contributed by atoms with Crippen molar-refractivity contribution in [2.24, 2.45) is 5.73 Å². The molecule has 1 aliphatic heterocycles. The van der Waals surface area contributed by atoms with Gasteiger partial charge in [0.05, 0.1) is 17.6 Å². The highest BCUT2D eigenvalue weighted by Gasteiger charge is 2.24. The largest absolute Gasteiger partial charge is 0.330 e. The van der Waals surface area contributed by atoms with Gasteiger partial charge in [0.1, 0.15) is 0 Å². The Balaban J connectivity index is 2.24. The van der Waals surface area contributed by atoms with Crippen LogP contribution < -0.4 is 5.73 Å². The average molecular weight is 225 g/mol. The molecule has 1 saturated heterocycles. The van der Waals surface area contributed by atoms with Gasteiger partial charge in [-0.05, 0) is 38.2 Å². The van der Waals surface area contributed by atoms with E-state index in [1.54, 1.807) is 0 Å². The summed E-state index contributed by atoms with van der Waals surface area (Å²) in [5.41, 5.74) is 7.00. The lowest BCUT2D eigenvalue weighted by molar-refractivity contribution is 0.411. The molecule has 0 atom stereocenters. The Morgan fingerprint density at radius 3 is 2.73 bits per heavy atom. The zero-order valence-corrected chi connectivity index (χ0v) is 10.3. The third kappa shape index (κ3) is 2.37. The zero-order chi connectivity index (χ0) is 10.9. The second kappa shape index (κ2) is 4.18. The van der Waals surface area contributed by atoms with E-state index in [0.717, 1.165) is 5.69 Å². The minimum absolute atomic E-state index is 0.291. The third-order valence-corrected chi connectivity index (χ3v) is 3.96.